The Morgan fingerprint density at radius 2 is 1.69 bits per heavy atom. The molecule has 1 N–H and O–H groups in total. The number of para-hydroxylation sites is 1. The number of aryl methyl sites for hydroxylation is 1. The number of aromatic nitrogens is 4. The Balaban J connectivity index is 1.69. The van der Waals surface area contributed by atoms with Gasteiger partial charge < -0.3 is 5.32 Å². The predicted octanol–water partition coefficient (Wildman–Crippen LogP) is 3.97. The van der Waals surface area contributed by atoms with Crippen molar-refractivity contribution in [2.24, 2.45) is 7.05 Å². The van der Waals surface area contributed by atoms with Crippen molar-refractivity contribution in [3.63, 3.8) is 0 Å². The third-order valence-corrected chi connectivity index (χ3v) is 5.86. The van der Waals surface area contributed by atoms with Crippen LogP contribution >= 0.6 is 0 Å². The third-order valence-electron chi connectivity index (χ3n) is 5.86. The van der Waals surface area contributed by atoms with Crippen LogP contribution in [0, 0.1) is 37.9 Å². The van der Waals surface area contributed by atoms with Gasteiger partial charge in [0.25, 0.3) is 11.5 Å². The van der Waals surface area contributed by atoms with Crippen molar-refractivity contribution in [2.75, 3.05) is 5.32 Å². The molecule has 9 heteroatoms. The van der Waals surface area contributed by atoms with Gasteiger partial charge in [-0.1, -0.05) is 18.2 Å². The number of nitrogens with one attached hydrogen (secondary N) is 1. The van der Waals surface area contributed by atoms with E-state index in [9.17, 15) is 19.2 Å². The number of amides is 1. The summed E-state index contributed by atoms with van der Waals surface area (Å²) in [7, 11) is 1.72. The Bertz CT molecular complexity index is 1550. The van der Waals surface area contributed by atoms with E-state index in [0.717, 1.165) is 0 Å². The van der Waals surface area contributed by atoms with E-state index in [0.29, 0.717) is 34.0 Å². The first-order valence-electron chi connectivity index (χ1n) is 10.8. The van der Waals surface area contributed by atoms with E-state index in [1.165, 1.54) is 22.9 Å². The second-order valence-electron chi connectivity index (χ2n) is 8.03. The van der Waals surface area contributed by atoms with Crippen molar-refractivity contribution < 1.29 is 9.18 Å². The summed E-state index contributed by atoms with van der Waals surface area (Å²) in [6, 6.07) is 16.8. The number of hydrogen-bond donors (Lipinski definition) is 1. The van der Waals surface area contributed by atoms with Crippen LogP contribution in [0.3, 0.4) is 0 Å². The summed E-state index contributed by atoms with van der Waals surface area (Å²) in [4.78, 5) is 26.1. The highest BCUT2D eigenvalue weighted by Crippen LogP contribution is 2.22. The van der Waals surface area contributed by atoms with Crippen molar-refractivity contribution >= 4 is 17.7 Å². The first kappa shape index (κ1) is 23.4. The van der Waals surface area contributed by atoms with E-state index in [1.807, 2.05) is 24.3 Å². The molecule has 2 aromatic heterocycles. The van der Waals surface area contributed by atoms with Crippen molar-refractivity contribution in [2.45, 2.75) is 20.8 Å². The van der Waals surface area contributed by atoms with Gasteiger partial charge in [-0.3, -0.25) is 14.3 Å². The number of carbonyl (C=O) groups is 1. The van der Waals surface area contributed by atoms with Crippen molar-refractivity contribution in [3.8, 4) is 17.4 Å². The first-order chi connectivity index (χ1) is 16.7. The van der Waals surface area contributed by atoms with E-state index in [4.69, 9.17) is 0 Å². The average molecular weight is 471 g/mol. The molecule has 176 valence electrons. The number of carbonyl (C=O) groups excluding carboxylic acids is 1. The maximum atomic E-state index is 13.3. The van der Waals surface area contributed by atoms with Gasteiger partial charge in [-0.05, 0) is 63.2 Å². The van der Waals surface area contributed by atoms with Gasteiger partial charge in [-0.15, -0.1) is 0 Å². The van der Waals surface area contributed by atoms with Crippen molar-refractivity contribution in [1.29, 1.82) is 5.26 Å². The molecule has 0 saturated carbocycles. The van der Waals surface area contributed by atoms with E-state index in [-0.39, 0.29) is 17.1 Å². The molecule has 0 aliphatic rings. The lowest BCUT2D eigenvalue weighted by molar-refractivity contribution is -0.112. The second-order valence-corrected chi connectivity index (χ2v) is 8.03. The molecule has 4 rings (SSSR count). The molecule has 0 radical (unpaired) electrons. The minimum atomic E-state index is -0.702. The third kappa shape index (κ3) is 4.29. The number of hydrogen-bond acceptors (Lipinski definition) is 4. The van der Waals surface area contributed by atoms with Gasteiger partial charge in [0.15, 0.2) is 0 Å². The van der Waals surface area contributed by atoms with Gasteiger partial charge in [0.05, 0.1) is 22.8 Å². The van der Waals surface area contributed by atoms with Gasteiger partial charge in [0, 0.05) is 18.3 Å². The van der Waals surface area contributed by atoms with E-state index in [1.54, 1.807) is 61.4 Å². The molecule has 8 nitrogen and oxygen atoms in total. The molecule has 0 bridgehead atoms. The van der Waals surface area contributed by atoms with Crippen molar-refractivity contribution in [1.82, 2.24) is 19.1 Å². The number of nitriles is 1. The van der Waals surface area contributed by atoms with Gasteiger partial charge in [-0.2, -0.15) is 10.4 Å². The van der Waals surface area contributed by atoms with Crippen molar-refractivity contribution in [3.05, 3.63) is 99.0 Å². The maximum Gasteiger partial charge on any atom is 0.295 e. The zero-order chi connectivity index (χ0) is 25.3. The van der Waals surface area contributed by atoms with E-state index < -0.39 is 11.5 Å². The van der Waals surface area contributed by atoms with Crippen LogP contribution in [0.1, 0.15) is 22.6 Å². The van der Waals surface area contributed by atoms with Crippen LogP contribution in [-0.4, -0.2) is 25.1 Å². The first-order valence-corrected chi connectivity index (χ1v) is 10.8. The lowest BCUT2D eigenvalue weighted by atomic mass is 10.1. The Morgan fingerprint density at radius 1 is 1.03 bits per heavy atom. The van der Waals surface area contributed by atoms with Gasteiger partial charge in [-0.25, -0.2) is 13.8 Å². The smallest absolute Gasteiger partial charge is 0.295 e. The lowest BCUT2D eigenvalue weighted by Gasteiger charge is -2.07. The maximum absolute atomic E-state index is 13.3. The Morgan fingerprint density at radius 3 is 2.31 bits per heavy atom. The quantitative estimate of drug-likeness (QED) is 0.353. The Labute approximate surface area is 201 Å². The summed E-state index contributed by atoms with van der Waals surface area (Å²) in [5.41, 5.74) is 3.22. The molecule has 0 saturated heterocycles. The number of rotatable bonds is 5. The molecule has 35 heavy (non-hydrogen) atoms. The monoisotopic (exact) mass is 470 g/mol. The Hall–Kier alpha value is -4.71. The van der Waals surface area contributed by atoms with Crippen LogP contribution in [0.5, 0.6) is 0 Å². The Kier molecular flexibility index (Phi) is 6.21. The molecule has 0 aliphatic heterocycles. The molecule has 0 aliphatic carbocycles. The number of halogens is 1. The standard InChI is InChI=1S/C26H23FN6O2/c1-16-23(17(2)32(30-16)21-12-10-20(27)11-13-21)14-19(15-28)25(34)29-24-18(3)31(4)33(26(24)35)22-8-6-5-7-9-22/h5-14H,1-4H3,(H,29,34)/b19-14-. The number of benzene rings is 2. The summed E-state index contributed by atoms with van der Waals surface area (Å²) < 4.78 is 18.0. The SMILES string of the molecule is Cc1nn(-c2ccc(F)cc2)c(C)c1/C=C(/C#N)C(=O)Nc1c(C)n(C)n(-c2ccccc2)c1=O. The predicted molar refractivity (Wildman–Crippen MR) is 131 cm³/mol. The summed E-state index contributed by atoms with van der Waals surface area (Å²) >= 11 is 0. The zero-order valence-electron chi connectivity index (χ0n) is 19.7. The topological polar surface area (TPSA) is 97.6 Å². The molecule has 1 amide bonds. The molecule has 0 unspecified atom stereocenters. The molecule has 0 fully saturated rings. The summed E-state index contributed by atoms with van der Waals surface area (Å²) in [6.07, 6.45) is 1.45. The van der Waals surface area contributed by atoms with Crippen LogP contribution in [0.2, 0.25) is 0 Å². The van der Waals surface area contributed by atoms with Gasteiger partial charge >= 0.3 is 0 Å². The van der Waals surface area contributed by atoms with E-state index in [2.05, 4.69) is 10.4 Å². The fourth-order valence-electron chi connectivity index (χ4n) is 3.88. The van der Waals surface area contributed by atoms with Crippen LogP contribution in [0.25, 0.3) is 17.5 Å². The molecule has 2 heterocycles. The summed E-state index contributed by atoms with van der Waals surface area (Å²) in [6.45, 7) is 5.26. The highest BCUT2D eigenvalue weighted by atomic mass is 19.1. The molecular weight excluding hydrogens is 447 g/mol. The van der Waals surface area contributed by atoms with Crippen LogP contribution in [0.15, 0.2) is 65.0 Å². The van der Waals surface area contributed by atoms with Gasteiger partial charge in [0.2, 0.25) is 0 Å². The molecule has 2 aromatic carbocycles. The minimum Gasteiger partial charge on any atom is -0.315 e. The average Bonchev–Trinajstić information content (AvgIpc) is 3.25. The van der Waals surface area contributed by atoms with Crippen LogP contribution in [0.4, 0.5) is 10.1 Å². The van der Waals surface area contributed by atoms with E-state index >= 15 is 0 Å². The molecule has 4 aromatic rings. The molecular formula is C26H23FN6O2. The second kappa shape index (κ2) is 9.27. The van der Waals surface area contributed by atoms with Gasteiger partial charge in [0.1, 0.15) is 23.1 Å². The highest BCUT2D eigenvalue weighted by Gasteiger charge is 2.21. The fraction of sp³-hybridized carbons (Fsp3) is 0.154. The highest BCUT2D eigenvalue weighted by molar-refractivity contribution is 6.10. The normalized spacial score (nSPS) is 11.4. The molecule has 0 atom stereocenters. The largest absolute Gasteiger partial charge is 0.315 e. The summed E-state index contributed by atoms with van der Waals surface area (Å²) in [5, 5.41) is 16.8. The zero-order valence-corrected chi connectivity index (χ0v) is 19.7. The fourth-order valence-corrected chi connectivity index (χ4v) is 3.88. The summed E-state index contributed by atoms with van der Waals surface area (Å²) in [5.74, 6) is -1.06. The van der Waals surface area contributed by atoms with Crippen LogP contribution < -0.4 is 10.9 Å². The minimum absolute atomic E-state index is 0.0953. The number of nitrogens with zero attached hydrogens (tertiary/aromatic N) is 5. The van der Waals surface area contributed by atoms with Crippen LogP contribution in [-0.2, 0) is 11.8 Å². The molecule has 0 spiro atoms. The lowest BCUT2D eigenvalue weighted by Crippen LogP contribution is -2.23. The number of anilines is 1.